The SMILES string of the molecule is CNC(=O)c1ccc(-c2cnn3ccc(C(=O)N(c4ccc(C#N)cn4)C(C)C)cc23)cn1. The van der Waals surface area contributed by atoms with Gasteiger partial charge in [0.2, 0.25) is 0 Å². The van der Waals surface area contributed by atoms with Gasteiger partial charge in [-0.2, -0.15) is 10.4 Å². The average Bonchev–Trinajstić information content (AvgIpc) is 3.27. The van der Waals surface area contributed by atoms with Gasteiger partial charge in [0.1, 0.15) is 17.6 Å². The Morgan fingerprint density at radius 2 is 1.91 bits per heavy atom. The minimum atomic E-state index is -0.264. The van der Waals surface area contributed by atoms with Crippen LogP contribution in [0.4, 0.5) is 5.82 Å². The minimum absolute atomic E-state index is 0.153. The first kappa shape index (κ1) is 21.6. The Morgan fingerprint density at radius 3 is 2.52 bits per heavy atom. The van der Waals surface area contributed by atoms with Crippen molar-refractivity contribution in [1.82, 2.24) is 24.9 Å². The van der Waals surface area contributed by atoms with Crippen LogP contribution in [0.15, 0.2) is 61.2 Å². The van der Waals surface area contributed by atoms with Crippen LogP contribution in [0.1, 0.15) is 40.3 Å². The summed E-state index contributed by atoms with van der Waals surface area (Å²) < 4.78 is 1.68. The summed E-state index contributed by atoms with van der Waals surface area (Å²) in [5.41, 5.74) is 3.50. The third-order valence-corrected chi connectivity index (χ3v) is 5.16. The van der Waals surface area contributed by atoms with E-state index in [4.69, 9.17) is 5.26 Å². The molecule has 33 heavy (non-hydrogen) atoms. The molecule has 0 aromatic carbocycles. The lowest BCUT2D eigenvalue weighted by Crippen LogP contribution is -2.37. The summed E-state index contributed by atoms with van der Waals surface area (Å²) >= 11 is 0. The van der Waals surface area contributed by atoms with Crippen LogP contribution in [-0.2, 0) is 0 Å². The number of hydrogen-bond acceptors (Lipinski definition) is 6. The fourth-order valence-corrected chi connectivity index (χ4v) is 3.49. The molecule has 2 amide bonds. The second kappa shape index (κ2) is 8.88. The van der Waals surface area contributed by atoms with Gasteiger partial charge in [-0.15, -0.1) is 0 Å². The number of carbonyl (C=O) groups excluding carboxylic acids is 2. The summed E-state index contributed by atoms with van der Waals surface area (Å²) in [5, 5.41) is 15.9. The molecule has 0 aliphatic carbocycles. The molecule has 4 heterocycles. The second-order valence-corrected chi connectivity index (χ2v) is 7.60. The molecule has 0 saturated heterocycles. The Morgan fingerprint density at radius 1 is 1.09 bits per heavy atom. The first-order chi connectivity index (χ1) is 15.9. The Kier molecular flexibility index (Phi) is 5.83. The molecular weight excluding hydrogens is 418 g/mol. The molecule has 0 aliphatic heterocycles. The summed E-state index contributed by atoms with van der Waals surface area (Å²) in [6.07, 6.45) is 6.48. The van der Waals surface area contributed by atoms with Crippen molar-refractivity contribution in [1.29, 1.82) is 5.26 Å². The molecule has 0 atom stereocenters. The largest absolute Gasteiger partial charge is 0.354 e. The Hall–Kier alpha value is -4.58. The van der Waals surface area contributed by atoms with E-state index in [0.29, 0.717) is 22.6 Å². The van der Waals surface area contributed by atoms with Crippen LogP contribution < -0.4 is 10.2 Å². The topological polar surface area (TPSA) is 116 Å². The summed E-state index contributed by atoms with van der Waals surface area (Å²) in [4.78, 5) is 35.3. The number of aromatic nitrogens is 4. The van der Waals surface area contributed by atoms with Gasteiger partial charge in [-0.1, -0.05) is 6.07 Å². The molecule has 0 saturated carbocycles. The van der Waals surface area contributed by atoms with Crippen LogP contribution in [0.2, 0.25) is 0 Å². The third-order valence-electron chi connectivity index (χ3n) is 5.16. The lowest BCUT2D eigenvalue weighted by atomic mass is 10.1. The number of fused-ring (bicyclic) bond motifs is 1. The number of nitriles is 1. The molecule has 0 aliphatic rings. The molecule has 0 spiro atoms. The van der Waals surface area contributed by atoms with E-state index in [-0.39, 0.29) is 17.9 Å². The molecule has 0 bridgehead atoms. The predicted molar refractivity (Wildman–Crippen MR) is 123 cm³/mol. The van der Waals surface area contributed by atoms with Gasteiger partial charge in [0, 0.05) is 48.4 Å². The highest BCUT2D eigenvalue weighted by Crippen LogP contribution is 2.26. The van der Waals surface area contributed by atoms with E-state index >= 15 is 0 Å². The average molecular weight is 439 g/mol. The van der Waals surface area contributed by atoms with Gasteiger partial charge in [0.05, 0.1) is 17.3 Å². The molecule has 0 fully saturated rings. The highest BCUT2D eigenvalue weighted by Gasteiger charge is 2.23. The molecule has 4 aromatic heterocycles. The van der Waals surface area contributed by atoms with Crippen molar-refractivity contribution >= 4 is 23.1 Å². The van der Waals surface area contributed by atoms with E-state index < -0.39 is 0 Å². The van der Waals surface area contributed by atoms with E-state index in [1.807, 2.05) is 19.9 Å². The summed E-state index contributed by atoms with van der Waals surface area (Å²) in [6.45, 7) is 3.81. The van der Waals surface area contributed by atoms with Gasteiger partial charge in [-0.3, -0.25) is 19.5 Å². The van der Waals surface area contributed by atoms with Crippen LogP contribution >= 0.6 is 0 Å². The number of pyridine rings is 3. The van der Waals surface area contributed by atoms with E-state index in [9.17, 15) is 9.59 Å². The highest BCUT2D eigenvalue weighted by molar-refractivity contribution is 6.07. The van der Waals surface area contributed by atoms with E-state index in [1.54, 1.807) is 71.5 Å². The molecule has 9 heteroatoms. The fraction of sp³-hybridized carbons (Fsp3) is 0.167. The standard InChI is InChI=1S/C24H21N7O2/c1-15(2)31(22-7-4-16(11-25)12-28-22)24(33)17-8-9-30-21(10-17)19(14-29-30)18-5-6-20(27-13-18)23(32)26-3/h4-10,12-15H,1-3H3,(H,26,32). The van der Waals surface area contributed by atoms with Gasteiger partial charge < -0.3 is 5.32 Å². The van der Waals surface area contributed by atoms with Crippen LogP contribution in [-0.4, -0.2) is 44.5 Å². The quantitative estimate of drug-likeness (QED) is 0.511. The Bertz CT molecular complexity index is 1370. The van der Waals surface area contributed by atoms with Gasteiger partial charge in [-0.05, 0) is 44.2 Å². The maximum Gasteiger partial charge on any atom is 0.269 e. The Balaban J connectivity index is 1.71. The minimum Gasteiger partial charge on any atom is -0.354 e. The van der Waals surface area contributed by atoms with Gasteiger partial charge in [0.15, 0.2) is 0 Å². The van der Waals surface area contributed by atoms with Crippen molar-refractivity contribution in [2.24, 2.45) is 0 Å². The zero-order valence-corrected chi connectivity index (χ0v) is 18.4. The lowest BCUT2D eigenvalue weighted by Gasteiger charge is -2.26. The number of nitrogens with zero attached hydrogens (tertiary/aromatic N) is 6. The highest BCUT2D eigenvalue weighted by atomic mass is 16.2. The number of amides is 2. The molecule has 0 radical (unpaired) electrons. The van der Waals surface area contributed by atoms with Crippen LogP contribution in [0.25, 0.3) is 16.6 Å². The van der Waals surface area contributed by atoms with Crippen molar-refractivity contribution < 1.29 is 9.59 Å². The van der Waals surface area contributed by atoms with E-state index in [2.05, 4.69) is 20.4 Å². The summed E-state index contributed by atoms with van der Waals surface area (Å²) in [7, 11) is 1.55. The first-order valence-corrected chi connectivity index (χ1v) is 10.3. The summed E-state index contributed by atoms with van der Waals surface area (Å²) in [6, 6.07) is 12.1. The first-order valence-electron chi connectivity index (χ1n) is 10.3. The molecule has 1 N–H and O–H groups in total. The maximum atomic E-state index is 13.4. The monoisotopic (exact) mass is 439 g/mol. The Labute approximate surface area is 190 Å². The number of nitrogens with one attached hydrogen (secondary N) is 1. The van der Waals surface area contributed by atoms with Crippen molar-refractivity contribution in [2.75, 3.05) is 11.9 Å². The van der Waals surface area contributed by atoms with Gasteiger partial charge in [-0.25, -0.2) is 9.50 Å². The van der Waals surface area contributed by atoms with Crippen molar-refractivity contribution in [3.63, 3.8) is 0 Å². The van der Waals surface area contributed by atoms with E-state index in [0.717, 1.165) is 16.6 Å². The van der Waals surface area contributed by atoms with Crippen molar-refractivity contribution in [3.8, 4) is 17.2 Å². The van der Waals surface area contributed by atoms with Crippen molar-refractivity contribution in [3.05, 3.63) is 78.0 Å². The van der Waals surface area contributed by atoms with Crippen LogP contribution in [0.5, 0.6) is 0 Å². The fourth-order valence-electron chi connectivity index (χ4n) is 3.49. The zero-order chi connectivity index (χ0) is 23.5. The molecule has 4 aromatic rings. The number of hydrogen-bond donors (Lipinski definition) is 1. The predicted octanol–water partition coefficient (Wildman–Crippen LogP) is 3.08. The lowest BCUT2D eigenvalue weighted by molar-refractivity contribution is 0.0955. The number of rotatable bonds is 5. The smallest absolute Gasteiger partial charge is 0.269 e. The number of anilines is 1. The molecular formula is C24H21N7O2. The number of carbonyl (C=O) groups is 2. The van der Waals surface area contributed by atoms with Crippen molar-refractivity contribution in [2.45, 2.75) is 19.9 Å². The maximum absolute atomic E-state index is 13.4. The van der Waals surface area contributed by atoms with Gasteiger partial charge >= 0.3 is 0 Å². The van der Waals surface area contributed by atoms with Crippen LogP contribution in [0.3, 0.4) is 0 Å². The normalized spacial score (nSPS) is 10.8. The summed E-state index contributed by atoms with van der Waals surface area (Å²) in [5.74, 6) is -0.0129. The van der Waals surface area contributed by atoms with Gasteiger partial charge in [0.25, 0.3) is 11.8 Å². The molecule has 4 rings (SSSR count). The van der Waals surface area contributed by atoms with Crippen LogP contribution in [0, 0.1) is 11.3 Å². The molecule has 0 unspecified atom stereocenters. The van der Waals surface area contributed by atoms with E-state index in [1.165, 1.54) is 6.20 Å². The second-order valence-electron chi connectivity index (χ2n) is 7.60. The molecule has 9 nitrogen and oxygen atoms in total. The third kappa shape index (κ3) is 4.14. The zero-order valence-electron chi connectivity index (χ0n) is 18.4. The molecule has 164 valence electrons.